The molecule has 6 rings (SSSR count). The van der Waals surface area contributed by atoms with Crippen LogP contribution in [-0.4, -0.2) is 19.4 Å². The molecule has 30 heavy (non-hydrogen) atoms. The van der Waals surface area contributed by atoms with E-state index in [0.717, 1.165) is 57.6 Å². The fourth-order valence-corrected chi connectivity index (χ4v) is 4.32. The van der Waals surface area contributed by atoms with Crippen LogP contribution in [0, 0.1) is 0 Å². The molecule has 0 aliphatic heterocycles. The average Bonchev–Trinajstić information content (AvgIpc) is 3.16. The highest BCUT2D eigenvalue weighted by atomic mass is 15.0. The number of pyridine rings is 1. The Morgan fingerprint density at radius 1 is 0.900 bits per heavy atom. The molecule has 0 N–H and O–H groups in total. The lowest BCUT2D eigenvalue weighted by Crippen LogP contribution is -2.12. The summed E-state index contributed by atoms with van der Waals surface area (Å²) in [5, 5.41) is 1.12. The molecule has 1 saturated carbocycles. The van der Waals surface area contributed by atoms with Crippen LogP contribution < -0.4 is 0 Å². The molecule has 1 aliphatic rings. The van der Waals surface area contributed by atoms with E-state index < -0.39 is 0 Å². The van der Waals surface area contributed by atoms with E-state index in [1.54, 1.807) is 0 Å². The van der Waals surface area contributed by atoms with Crippen molar-refractivity contribution in [1.82, 2.24) is 19.4 Å². The summed E-state index contributed by atoms with van der Waals surface area (Å²) in [6.45, 7) is 4.09. The molecule has 5 aromatic rings. The minimum Gasteiger partial charge on any atom is -0.296 e. The second-order valence-electron chi connectivity index (χ2n) is 7.98. The summed E-state index contributed by atoms with van der Waals surface area (Å²) >= 11 is 0. The predicted molar refractivity (Wildman–Crippen MR) is 120 cm³/mol. The van der Waals surface area contributed by atoms with Gasteiger partial charge in [0.05, 0.1) is 28.6 Å². The van der Waals surface area contributed by atoms with Crippen molar-refractivity contribution in [3.8, 4) is 22.6 Å². The smallest absolute Gasteiger partial charge is 0.145 e. The van der Waals surface area contributed by atoms with E-state index in [1.165, 1.54) is 5.57 Å². The molecule has 0 bridgehead atoms. The molecule has 4 heteroatoms. The van der Waals surface area contributed by atoms with Crippen molar-refractivity contribution in [2.75, 3.05) is 0 Å². The van der Waals surface area contributed by atoms with Crippen molar-refractivity contribution in [2.45, 2.75) is 18.8 Å². The van der Waals surface area contributed by atoms with Crippen molar-refractivity contribution >= 4 is 16.4 Å². The first-order valence-electron chi connectivity index (χ1n) is 10.2. The van der Waals surface area contributed by atoms with Crippen molar-refractivity contribution in [3.63, 3.8) is 0 Å². The first-order chi connectivity index (χ1) is 14.8. The summed E-state index contributed by atoms with van der Waals surface area (Å²) in [5.41, 5.74) is 7.63. The lowest BCUT2D eigenvalue weighted by Gasteiger charge is -2.26. The third-order valence-corrected chi connectivity index (χ3v) is 5.95. The number of rotatable bonds is 3. The molecule has 1 aliphatic carbocycles. The minimum atomic E-state index is 0.439. The molecular formula is C26H20N4. The Kier molecular flexibility index (Phi) is 3.78. The minimum absolute atomic E-state index is 0.439. The fraction of sp³-hybridized carbons (Fsp3) is 0.115. The molecule has 0 atom stereocenters. The maximum atomic E-state index is 5.06. The molecule has 0 spiro atoms. The van der Waals surface area contributed by atoms with Gasteiger partial charge in [-0.15, -0.1) is 0 Å². The van der Waals surface area contributed by atoms with Gasteiger partial charge in [-0.25, -0.2) is 9.97 Å². The molecule has 0 amide bonds. The van der Waals surface area contributed by atoms with Crippen LogP contribution in [0.25, 0.3) is 39.1 Å². The van der Waals surface area contributed by atoms with Gasteiger partial charge in [-0.05, 0) is 25.0 Å². The Morgan fingerprint density at radius 3 is 2.57 bits per heavy atom. The van der Waals surface area contributed by atoms with E-state index in [1.807, 2.05) is 36.8 Å². The molecule has 0 radical (unpaired) electrons. The van der Waals surface area contributed by atoms with Gasteiger partial charge in [0, 0.05) is 34.8 Å². The van der Waals surface area contributed by atoms with E-state index in [0.29, 0.717) is 5.92 Å². The van der Waals surface area contributed by atoms with Gasteiger partial charge in [0.15, 0.2) is 0 Å². The van der Waals surface area contributed by atoms with E-state index in [4.69, 9.17) is 9.97 Å². The number of hydrogen-bond acceptors (Lipinski definition) is 3. The van der Waals surface area contributed by atoms with Gasteiger partial charge in [-0.3, -0.25) is 9.38 Å². The Hall–Kier alpha value is -3.79. The molecule has 0 unspecified atom stereocenters. The van der Waals surface area contributed by atoms with E-state index >= 15 is 0 Å². The zero-order valence-electron chi connectivity index (χ0n) is 16.5. The van der Waals surface area contributed by atoms with Crippen LogP contribution in [0.1, 0.15) is 24.5 Å². The van der Waals surface area contributed by atoms with E-state index in [-0.39, 0.29) is 0 Å². The Morgan fingerprint density at radius 2 is 1.73 bits per heavy atom. The number of benzene rings is 2. The van der Waals surface area contributed by atoms with Crippen LogP contribution in [0.3, 0.4) is 0 Å². The SMILES string of the molecule is C=C1CC(c2nc(-c3ccc4ccc(-c5ccccc5)nc4c3)n3ccncc23)C1. The quantitative estimate of drug-likeness (QED) is 0.354. The van der Waals surface area contributed by atoms with Crippen molar-refractivity contribution < 1.29 is 0 Å². The third kappa shape index (κ3) is 2.72. The summed E-state index contributed by atoms with van der Waals surface area (Å²) in [4.78, 5) is 14.3. The van der Waals surface area contributed by atoms with Gasteiger partial charge in [-0.1, -0.05) is 60.7 Å². The molecule has 1 fully saturated rings. The number of hydrogen-bond donors (Lipinski definition) is 0. The normalized spacial score (nSPS) is 14.3. The molecule has 3 heterocycles. The van der Waals surface area contributed by atoms with Crippen molar-refractivity contribution in [1.29, 1.82) is 0 Å². The maximum Gasteiger partial charge on any atom is 0.145 e. The fourth-order valence-electron chi connectivity index (χ4n) is 4.32. The first kappa shape index (κ1) is 17.1. The van der Waals surface area contributed by atoms with Crippen LogP contribution in [0.15, 0.2) is 91.4 Å². The van der Waals surface area contributed by atoms with Crippen molar-refractivity contribution in [3.05, 3.63) is 97.1 Å². The molecule has 4 nitrogen and oxygen atoms in total. The highest BCUT2D eigenvalue weighted by Gasteiger charge is 2.28. The van der Waals surface area contributed by atoms with Crippen molar-refractivity contribution in [2.24, 2.45) is 0 Å². The monoisotopic (exact) mass is 388 g/mol. The maximum absolute atomic E-state index is 5.06. The molecule has 144 valence electrons. The van der Waals surface area contributed by atoms with Crippen LogP contribution in [0.5, 0.6) is 0 Å². The summed E-state index contributed by atoms with van der Waals surface area (Å²) in [6, 6.07) is 20.9. The summed E-state index contributed by atoms with van der Waals surface area (Å²) < 4.78 is 2.14. The topological polar surface area (TPSA) is 43.1 Å². The van der Waals surface area contributed by atoms with Gasteiger partial charge in [-0.2, -0.15) is 0 Å². The zero-order chi connectivity index (χ0) is 20.1. The molecule has 3 aromatic heterocycles. The summed E-state index contributed by atoms with van der Waals surface area (Å²) in [5.74, 6) is 1.38. The standard InChI is InChI=1S/C26H20N4/c1-17-13-21(14-17)25-24-16-27-11-12-30(24)26(29-25)20-8-7-19-9-10-22(28-23(19)15-20)18-5-3-2-4-6-18/h2-12,15-16,21H,1,13-14H2. The average molecular weight is 388 g/mol. The Bertz CT molecular complexity index is 1410. The van der Waals surface area contributed by atoms with Crippen LogP contribution in [0.4, 0.5) is 0 Å². The van der Waals surface area contributed by atoms with Crippen LogP contribution in [-0.2, 0) is 0 Å². The second-order valence-corrected chi connectivity index (χ2v) is 7.98. The highest BCUT2D eigenvalue weighted by Crippen LogP contribution is 2.42. The molecule has 0 saturated heterocycles. The van der Waals surface area contributed by atoms with Crippen LogP contribution >= 0.6 is 0 Å². The second kappa shape index (κ2) is 6.63. The number of allylic oxidation sites excluding steroid dienone is 1. The van der Waals surface area contributed by atoms with Gasteiger partial charge in [0.2, 0.25) is 0 Å². The molecular weight excluding hydrogens is 368 g/mol. The van der Waals surface area contributed by atoms with Gasteiger partial charge in [0.25, 0.3) is 0 Å². The predicted octanol–water partition coefficient (Wildman–Crippen LogP) is 6.05. The first-order valence-corrected chi connectivity index (χ1v) is 10.2. The number of nitrogens with zero attached hydrogens (tertiary/aromatic N) is 4. The lowest BCUT2D eigenvalue weighted by atomic mass is 9.79. The number of imidazole rings is 1. The van der Waals surface area contributed by atoms with E-state index in [2.05, 4.69) is 58.4 Å². The summed E-state index contributed by atoms with van der Waals surface area (Å²) in [6.07, 6.45) is 7.75. The van der Waals surface area contributed by atoms with E-state index in [9.17, 15) is 0 Å². The summed E-state index contributed by atoms with van der Waals surface area (Å²) in [7, 11) is 0. The van der Waals surface area contributed by atoms with Gasteiger partial charge < -0.3 is 0 Å². The molecule has 2 aromatic carbocycles. The van der Waals surface area contributed by atoms with Gasteiger partial charge in [0.1, 0.15) is 5.82 Å². The number of aromatic nitrogens is 4. The Balaban J connectivity index is 1.50. The third-order valence-electron chi connectivity index (χ3n) is 5.95. The zero-order valence-corrected chi connectivity index (χ0v) is 16.5. The van der Waals surface area contributed by atoms with Crippen LogP contribution in [0.2, 0.25) is 0 Å². The highest BCUT2D eigenvalue weighted by molar-refractivity contribution is 5.85. The Labute approximate surface area is 174 Å². The van der Waals surface area contributed by atoms with Gasteiger partial charge >= 0.3 is 0 Å². The number of fused-ring (bicyclic) bond motifs is 2. The largest absolute Gasteiger partial charge is 0.296 e. The lowest BCUT2D eigenvalue weighted by molar-refractivity contribution is 0.545.